The molecule has 1 aromatic rings. The molecule has 0 bridgehead atoms. The number of carboxylic acid groups (broad SMARTS) is 1. The number of benzene rings is 1. The summed E-state index contributed by atoms with van der Waals surface area (Å²) in [6, 6.07) is 4.20. The fourth-order valence-corrected chi connectivity index (χ4v) is 2.60. The highest BCUT2D eigenvalue weighted by Gasteiger charge is 2.28. The van der Waals surface area contributed by atoms with Crippen LogP contribution in [0.2, 0.25) is 0 Å². The molecule has 1 aromatic carbocycles. The number of hydrogen-bond acceptors (Lipinski definition) is 3. The zero-order chi connectivity index (χ0) is 14.7. The maximum Gasteiger partial charge on any atom is 0.340 e. The molecule has 108 valence electrons. The Balaban J connectivity index is 2.30. The number of nitrogens with one attached hydrogen (secondary N) is 1. The summed E-state index contributed by atoms with van der Waals surface area (Å²) in [4.78, 5) is 24.7. The Morgan fingerprint density at radius 1 is 1.45 bits per heavy atom. The number of rotatable bonds is 3. The van der Waals surface area contributed by atoms with Gasteiger partial charge >= 0.3 is 5.97 Å². The van der Waals surface area contributed by atoms with Crippen LogP contribution in [-0.4, -0.2) is 37.1 Å². The lowest BCUT2D eigenvalue weighted by Gasteiger charge is -2.34. The molecule has 1 amide bonds. The van der Waals surface area contributed by atoms with Crippen molar-refractivity contribution in [3.63, 3.8) is 0 Å². The van der Waals surface area contributed by atoms with Crippen LogP contribution in [0.3, 0.4) is 0 Å². The van der Waals surface area contributed by atoms with Crippen LogP contribution in [0, 0.1) is 11.7 Å². The summed E-state index contributed by atoms with van der Waals surface area (Å²) >= 11 is 0. The lowest BCUT2D eigenvalue weighted by Crippen LogP contribution is -2.42. The summed E-state index contributed by atoms with van der Waals surface area (Å²) in [5.74, 6) is -2.31. The molecule has 1 unspecified atom stereocenters. The number of piperidine rings is 1. The van der Waals surface area contributed by atoms with E-state index in [0.717, 1.165) is 18.9 Å². The highest BCUT2D eigenvalue weighted by molar-refractivity contribution is 5.95. The zero-order valence-corrected chi connectivity index (χ0v) is 11.2. The molecular weight excluding hydrogens is 263 g/mol. The van der Waals surface area contributed by atoms with Gasteiger partial charge in [-0.2, -0.15) is 0 Å². The third kappa shape index (κ3) is 2.74. The summed E-state index contributed by atoms with van der Waals surface area (Å²) in [5.41, 5.74) is 0.0103. The van der Waals surface area contributed by atoms with E-state index in [9.17, 15) is 14.0 Å². The molecule has 20 heavy (non-hydrogen) atoms. The SMILES string of the molecule is CNC(=O)C1CCCN(c2cccc(F)c2C(=O)O)C1. The van der Waals surface area contributed by atoms with E-state index in [2.05, 4.69) is 5.32 Å². The number of aromatic carboxylic acids is 1. The maximum atomic E-state index is 13.7. The number of carboxylic acids is 1. The van der Waals surface area contributed by atoms with E-state index in [4.69, 9.17) is 5.11 Å². The van der Waals surface area contributed by atoms with Gasteiger partial charge in [0.15, 0.2) is 0 Å². The number of amides is 1. The van der Waals surface area contributed by atoms with Crippen LogP contribution in [0.15, 0.2) is 18.2 Å². The first-order valence-electron chi connectivity index (χ1n) is 6.53. The third-order valence-corrected chi connectivity index (χ3v) is 3.58. The topological polar surface area (TPSA) is 69.6 Å². The smallest absolute Gasteiger partial charge is 0.340 e. The van der Waals surface area contributed by atoms with Crippen molar-refractivity contribution in [3.8, 4) is 0 Å². The fourth-order valence-electron chi connectivity index (χ4n) is 2.60. The minimum absolute atomic E-state index is 0.0667. The largest absolute Gasteiger partial charge is 0.478 e. The van der Waals surface area contributed by atoms with Crippen molar-refractivity contribution in [2.24, 2.45) is 5.92 Å². The average Bonchev–Trinajstić information content (AvgIpc) is 2.45. The van der Waals surface area contributed by atoms with Gasteiger partial charge in [-0.05, 0) is 25.0 Å². The highest BCUT2D eigenvalue weighted by Crippen LogP contribution is 2.28. The van der Waals surface area contributed by atoms with Gasteiger partial charge in [0.25, 0.3) is 0 Å². The Morgan fingerprint density at radius 3 is 2.85 bits per heavy atom. The lowest BCUT2D eigenvalue weighted by molar-refractivity contribution is -0.124. The molecule has 6 heteroatoms. The van der Waals surface area contributed by atoms with Gasteiger partial charge in [-0.1, -0.05) is 6.07 Å². The molecule has 1 atom stereocenters. The Bertz CT molecular complexity index is 533. The minimum atomic E-state index is -1.29. The van der Waals surface area contributed by atoms with Crippen molar-refractivity contribution in [1.82, 2.24) is 5.32 Å². The van der Waals surface area contributed by atoms with Crippen molar-refractivity contribution in [2.45, 2.75) is 12.8 Å². The molecular formula is C14H17FN2O3. The van der Waals surface area contributed by atoms with E-state index < -0.39 is 11.8 Å². The summed E-state index contributed by atoms with van der Waals surface area (Å²) in [6.07, 6.45) is 1.53. The van der Waals surface area contributed by atoms with Gasteiger partial charge in [0, 0.05) is 20.1 Å². The molecule has 1 heterocycles. The molecule has 1 fully saturated rings. The van der Waals surface area contributed by atoms with Crippen LogP contribution in [0.5, 0.6) is 0 Å². The van der Waals surface area contributed by atoms with Crippen LogP contribution < -0.4 is 10.2 Å². The average molecular weight is 280 g/mol. The van der Waals surface area contributed by atoms with Gasteiger partial charge in [-0.15, -0.1) is 0 Å². The molecule has 2 rings (SSSR count). The monoisotopic (exact) mass is 280 g/mol. The van der Waals surface area contributed by atoms with E-state index in [1.54, 1.807) is 18.0 Å². The molecule has 0 aliphatic carbocycles. The number of anilines is 1. The number of carbonyl (C=O) groups is 2. The molecule has 0 spiro atoms. The molecule has 2 N–H and O–H groups in total. The standard InChI is InChI=1S/C14H17FN2O3/c1-16-13(18)9-4-3-7-17(8-9)11-6-2-5-10(15)12(11)14(19)20/h2,5-6,9H,3-4,7-8H2,1H3,(H,16,18)(H,19,20). The fraction of sp³-hybridized carbons (Fsp3) is 0.429. The van der Waals surface area contributed by atoms with E-state index in [0.29, 0.717) is 18.8 Å². The van der Waals surface area contributed by atoms with Crippen molar-refractivity contribution in [2.75, 3.05) is 25.0 Å². The summed E-state index contributed by atoms with van der Waals surface area (Å²) in [7, 11) is 1.58. The van der Waals surface area contributed by atoms with Crippen LogP contribution in [0.1, 0.15) is 23.2 Å². The molecule has 0 aromatic heterocycles. The van der Waals surface area contributed by atoms with Crippen LogP contribution in [-0.2, 0) is 4.79 Å². The van der Waals surface area contributed by atoms with Gasteiger partial charge < -0.3 is 15.3 Å². The quantitative estimate of drug-likeness (QED) is 0.880. The van der Waals surface area contributed by atoms with Gasteiger partial charge in [-0.25, -0.2) is 9.18 Å². The Morgan fingerprint density at radius 2 is 2.20 bits per heavy atom. The van der Waals surface area contributed by atoms with Crippen molar-refractivity contribution in [3.05, 3.63) is 29.6 Å². The van der Waals surface area contributed by atoms with Gasteiger partial charge in [0.05, 0.1) is 11.6 Å². The van der Waals surface area contributed by atoms with Crippen molar-refractivity contribution < 1.29 is 19.1 Å². The Hall–Kier alpha value is -2.11. The Kier molecular flexibility index (Phi) is 4.22. The second kappa shape index (κ2) is 5.90. The molecule has 0 saturated carbocycles. The van der Waals surface area contributed by atoms with Crippen molar-refractivity contribution in [1.29, 1.82) is 0 Å². The van der Waals surface area contributed by atoms with Gasteiger partial charge in [0.1, 0.15) is 11.4 Å². The maximum absolute atomic E-state index is 13.7. The van der Waals surface area contributed by atoms with Crippen molar-refractivity contribution >= 4 is 17.6 Å². The highest BCUT2D eigenvalue weighted by atomic mass is 19.1. The van der Waals surface area contributed by atoms with Crippen LogP contribution in [0.4, 0.5) is 10.1 Å². The lowest BCUT2D eigenvalue weighted by atomic mass is 9.96. The summed E-state index contributed by atoms with van der Waals surface area (Å²) in [5, 5.41) is 11.8. The number of hydrogen-bond donors (Lipinski definition) is 2. The van der Waals surface area contributed by atoms with E-state index in [1.165, 1.54) is 6.07 Å². The summed E-state index contributed by atoms with van der Waals surface area (Å²) < 4.78 is 13.7. The van der Waals surface area contributed by atoms with Gasteiger partial charge in [-0.3, -0.25) is 4.79 Å². The second-order valence-corrected chi connectivity index (χ2v) is 4.84. The first-order valence-corrected chi connectivity index (χ1v) is 6.53. The normalized spacial score (nSPS) is 18.7. The summed E-state index contributed by atoms with van der Waals surface area (Å²) in [6.45, 7) is 1.03. The van der Waals surface area contributed by atoms with E-state index in [1.807, 2.05) is 0 Å². The molecule has 1 aliphatic heterocycles. The number of carbonyl (C=O) groups excluding carboxylic acids is 1. The first kappa shape index (κ1) is 14.3. The zero-order valence-electron chi connectivity index (χ0n) is 11.2. The molecule has 1 saturated heterocycles. The number of halogens is 1. The third-order valence-electron chi connectivity index (χ3n) is 3.58. The first-order chi connectivity index (χ1) is 9.54. The van der Waals surface area contributed by atoms with Crippen LogP contribution >= 0.6 is 0 Å². The van der Waals surface area contributed by atoms with E-state index >= 15 is 0 Å². The van der Waals surface area contributed by atoms with Gasteiger partial charge in [0.2, 0.25) is 5.91 Å². The van der Waals surface area contributed by atoms with Crippen LogP contribution in [0.25, 0.3) is 0 Å². The predicted molar refractivity (Wildman–Crippen MR) is 72.4 cm³/mol. The number of nitrogens with zero attached hydrogens (tertiary/aromatic N) is 1. The van der Waals surface area contributed by atoms with E-state index in [-0.39, 0.29) is 17.4 Å². The minimum Gasteiger partial charge on any atom is -0.478 e. The Labute approximate surface area is 116 Å². The molecule has 0 radical (unpaired) electrons. The predicted octanol–water partition coefficient (Wildman–Crippen LogP) is 1.49. The second-order valence-electron chi connectivity index (χ2n) is 4.84. The molecule has 5 nitrogen and oxygen atoms in total. The molecule has 1 aliphatic rings.